The molecule has 0 spiro atoms. The van der Waals surface area contributed by atoms with Gasteiger partial charge in [0.05, 0.1) is 39.0 Å². The molecule has 0 unspecified atom stereocenters. The summed E-state index contributed by atoms with van der Waals surface area (Å²) in [5.41, 5.74) is 13.7. The molecular weight excluding hydrogens is 876 g/mol. The molecule has 0 saturated carbocycles. The van der Waals surface area contributed by atoms with Crippen molar-refractivity contribution in [3.05, 3.63) is 101 Å². The number of carbonyl (C=O) groups is 2. The second kappa shape index (κ2) is 20.0. The molecule has 60 heavy (non-hydrogen) atoms. The Bertz CT molecular complexity index is 3020. The summed E-state index contributed by atoms with van der Waals surface area (Å²) in [5.74, 6) is -1.26. The van der Waals surface area contributed by atoms with Crippen LogP contribution in [0.25, 0.3) is 16.8 Å². The van der Waals surface area contributed by atoms with Gasteiger partial charge >= 0.3 is 88.7 Å². The average molecular weight is 903 g/mol. The van der Waals surface area contributed by atoms with E-state index in [1.165, 1.54) is 43.3 Å². The molecule has 26 heteroatoms. The second-order valence-electron chi connectivity index (χ2n) is 12.0. The summed E-state index contributed by atoms with van der Waals surface area (Å²) in [7, 11) is -14.5. The number of carbonyl (C=O) groups excluding carboxylic acids is 2. The zero-order valence-electron chi connectivity index (χ0n) is 31.9. The number of hydrogen-bond acceptors (Lipinski definition) is 16. The third-order valence-electron chi connectivity index (χ3n) is 8.02. The van der Waals surface area contributed by atoms with Crippen molar-refractivity contribution in [3.63, 3.8) is 0 Å². The summed E-state index contributed by atoms with van der Waals surface area (Å²) in [6.45, 7) is 1.35. The van der Waals surface area contributed by atoms with E-state index in [1.807, 2.05) is 0 Å². The van der Waals surface area contributed by atoms with E-state index in [-0.39, 0.29) is 151 Å². The van der Waals surface area contributed by atoms with E-state index >= 15 is 0 Å². The van der Waals surface area contributed by atoms with Crippen LogP contribution in [-0.2, 0) is 35.1 Å². The summed E-state index contributed by atoms with van der Waals surface area (Å²) in [5, 5.41) is 23.2. The van der Waals surface area contributed by atoms with Crippen LogP contribution in [0.1, 0.15) is 22.8 Å². The minimum atomic E-state index is -5.06. The number of nitrogens with zero attached hydrogens (tertiary/aromatic N) is 5. The number of fused-ring (bicyclic) bond motifs is 2. The molecule has 0 radical (unpaired) electrons. The number of hydrogen-bond donors (Lipinski definition) is 7. The Morgan fingerprint density at radius 3 is 1.90 bits per heavy atom. The van der Waals surface area contributed by atoms with Crippen molar-refractivity contribution in [2.75, 3.05) is 22.2 Å². The molecule has 1 aliphatic carbocycles. The third kappa shape index (κ3) is 11.8. The first-order valence-electron chi connectivity index (χ1n) is 15.8. The van der Waals surface area contributed by atoms with Gasteiger partial charge in [0.25, 0.3) is 30.4 Å². The van der Waals surface area contributed by atoms with Gasteiger partial charge in [0.15, 0.2) is 5.71 Å². The first kappa shape index (κ1) is 50.6. The molecule has 6 rings (SSSR count). The van der Waals surface area contributed by atoms with Crippen LogP contribution in [0.4, 0.5) is 45.5 Å². The Hall–Kier alpha value is -3.76. The van der Waals surface area contributed by atoms with E-state index in [0.717, 1.165) is 30.3 Å². The molecule has 1 aliphatic rings. The fourth-order valence-electron chi connectivity index (χ4n) is 5.41. The van der Waals surface area contributed by atoms with E-state index in [9.17, 15) is 48.5 Å². The zero-order chi connectivity index (χ0) is 41.4. The predicted molar refractivity (Wildman–Crippen MR) is 209 cm³/mol. The Morgan fingerprint density at radius 1 is 0.650 bits per heavy atom. The number of hydrazone groups is 1. The maximum atomic E-state index is 13.8. The largest absolute Gasteiger partial charge is 1.00 e. The Labute approximate surface area is 408 Å². The summed E-state index contributed by atoms with van der Waals surface area (Å²) in [6, 6.07) is 18.4. The van der Waals surface area contributed by atoms with Crippen molar-refractivity contribution < 1.29 is 137 Å². The molecule has 1 amide bonds. The molecule has 0 saturated heterocycles. The molecule has 20 nitrogen and oxygen atoms in total. The maximum absolute atomic E-state index is 13.8. The van der Waals surface area contributed by atoms with Gasteiger partial charge in [0.1, 0.15) is 15.5 Å². The quantitative estimate of drug-likeness (QED) is 0.0245. The average Bonchev–Trinajstić information content (AvgIpc) is 3.12. The molecule has 0 atom stereocenters. The number of rotatable bonds is 10. The molecule has 0 bridgehead atoms. The second-order valence-corrected chi connectivity index (χ2v) is 16.2. The first-order chi connectivity index (χ1) is 26.7. The number of anilines is 4. The summed E-state index contributed by atoms with van der Waals surface area (Å²) in [4.78, 5) is 23.1. The van der Waals surface area contributed by atoms with Gasteiger partial charge in [-0.1, -0.05) is 12.1 Å². The van der Waals surface area contributed by atoms with Crippen LogP contribution in [-0.4, -0.2) is 56.3 Å². The smallest absolute Gasteiger partial charge is 0.398 e. The van der Waals surface area contributed by atoms with Gasteiger partial charge in [-0.2, -0.15) is 40.6 Å². The van der Waals surface area contributed by atoms with Crippen LogP contribution in [0.15, 0.2) is 125 Å². The number of nitrogens with two attached hydrogens (primary N) is 2. The fourth-order valence-corrected chi connectivity index (χ4v) is 7.19. The van der Waals surface area contributed by atoms with Gasteiger partial charge in [-0.05, 0) is 84.4 Å². The van der Waals surface area contributed by atoms with E-state index < -0.39 is 56.5 Å². The van der Waals surface area contributed by atoms with Crippen LogP contribution >= 0.6 is 0 Å². The van der Waals surface area contributed by atoms with Gasteiger partial charge in [0.2, 0.25) is 11.7 Å². The summed E-state index contributed by atoms with van der Waals surface area (Å²) in [6.07, 6.45) is 0.993. The molecule has 5 aromatic rings. The topological polar surface area (TPSA) is 335 Å². The van der Waals surface area contributed by atoms with Crippen LogP contribution < -0.4 is 111 Å². The van der Waals surface area contributed by atoms with Gasteiger partial charge in [-0.15, -0.1) is 10.2 Å². The van der Waals surface area contributed by atoms with Crippen LogP contribution in [0.3, 0.4) is 0 Å². The van der Waals surface area contributed by atoms with Crippen LogP contribution in [0.2, 0.25) is 0 Å². The Morgan fingerprint density at radius 2 is 1.28 bits per heavy atom. The third-order valence-corrected chi connectivity index (χ3v) is 10.6. The van der Waals surface area contributed by atoms with Gasteiger partial charge < -0.3 is 16.8 Å². The van der Waals surface area contributed by atoms with E-state index in [2.05, 4.69) is 36.3 Å². The first-order valence-corrected chi connectivity index (χ1v) is 20.1. The fraction of sp³-hybridized carbons (Fsp3) is 0.0294. The van der Waals surface area contributed by atoms with Gasteiger partial charge in [-0.25, -0.2) is 0 Å². The van der Waals surface area contributed by atoms with Crippen molar-refractivity contribution in [2.45, 2.75) is 16.7 Å². The van der Waals surface area contributed by atoms with Crippen LogP contribution in [0.5, 0.6) is 0 Å². The number of Topliss-reactive ketones (excluding diaryl/α,β-unsaturated/α-hetero) is 1. The van der Waals surface area contributed by atoms with Crippen molar-refractivity contribution in [1.82, 2.24) is 0 Å². The number of azo groups is 2. The Kier molecular flexibility index (Phi) is 16.8. The number of amides is 1. The van der Waals surface area contributed by atoms with E-state index in [4.69, 9.17) is 11.5 Å². The Balaban J connectivity index is 0.00000320. The standard InChI is InChI=1S/C34H27N9O11S3.3Na/c1-17(44)37-19-4-6-20(7-5-19)38-40-29-11-10-28(23-9-8-22(14-25(23)29)55(46,47)48)41-43-33-32(57(52,53)54)12-18-2-3-21(13-24(18)34(33)45)39-42-30-16-31(56(49,50)51)27(36)15-26(30)35;;;/h2-16,41H,35-36H2,1H3,(H,37,44)(H,46,47,48)(H,49,50,51)(H,52,53,54);;;/q;3*+1/b40-38?,42-39?,43-33+;;;. The molecule has 0 heterocycles. The number of benzene rings is 5. The number of allylic oxidation sites excluding steroid dienone is 1. The maximum Gasteiger partial charge on any atom is 1.00 e. The predicted octanol–water partition coefficient (Wildman–Crippen LogP) is -2.81. The van der Waals surface area contributed by atoms with Crippen molar-refractivity contribution in [3.8, 4) is 0 Å². The zero-order valence-corrected chi connectivity index (χ0v) is 40.3. The minimum absolute atomic E-state index is 0. The molecule has 0 aliphatic heterocycles. The molecule has 5 aromatic carbocycles. The van der Waals surface area contributed by atoms with E-state index in [0.29, 0.717) is 11.4 Å². The monoisotopic (exact) mass is 902 g/mol. The number of nitrogens with one attached hydrogen (secondary N) is 2. The van der Waals surface area contributed by atoms with E-state index in [1.54, 1.807) is 24.3 Å². The summed E-state index contributed by atoms with van der Waals surface area (Å²) < 4.78 is 102. The number of ketones is 1. The van der Waals surface area contributed by atoms with Crippen molar-refractivity contribution in [1.29, 1.82) is 0 Å². The molecule has 9 N–H and O–H groups in total. The molecule has 292 valence electrons. The summed E-state index contributed by atoms with van der Waals surface area (Å²) >= 11 is 0. The normalized spacial score (nSPS) is 13.6. The van der Waals surface area contributed by atoms with Crippen molar-refractivity contribution >= 4 is 110 Å². The number of nitrogen functional groups attached to an aromatic ring is 2. The minimum Gasteiger partial charge on any atom is -0.398 e. The van der Waals surface area contributed by atoms with Gasteiger partial charge in [-0.3, -0.25) is 28.7 Å². The molecule has 0 fully saturated rings. The van der Waals surface area contributed by atoms with Crippen molar-refractivity contribution in [2.24, 2.45) is 25.6 Å². The van der Waals surface area contributed by atoms with Crippen LogP contribution in [0, 0.1) is 0 Å². The SMILES string of the molecule is CC(=O)Nc1ccc(N=Nc2ccc(N/N=C3/C(=O)c4cc(N=Nc5cc(S(=O)(=O)O)c(N)cc5N)ccc4C=C3S(=O)(=O)O)c3ccc(S(=O)(=O)O)cc23)cc1.[Na+].[Na+].[Na+]. The molecular formula is C34H27N9Na3O11S3+3. The molecule has 0 aromatic heterocycles. The van der Waals surface area contributed by atoms with Gasteiger partial charge in [0, 0.05) is 28.9 Å².